The van der Waals surface area contributed by atoms with E-state index in [0.717, 1.165) is 13.1 Å². The molecule has 1 amide bonds. The van der Waals surface area contributed by atoms with Gasteiger partial charge in [0.2, 0.25) is 5.91 Å². The molecule has 0 radical (unpaired) electrons. The number of carbonyl (C=O) groups is 1. The lowest BCUT2D eigenvalue weighted by atomic mass is 10.0. The van der Waals surface area contributed by atoms with Crippen LogP contribution in [0.25, 0.3) is 0 Å². The van der Waals surface area contributed by atoms with Gasteiger partial charge in [-0.1, -0.05) is 26.7 Å². The highest BCUT2D eigenvalue weighted by Gasteiger charge is 2.21. The third-order valence-corrected chi connectivity index (χ3v) is 4.10. The average molecular weight is 269 g/mol. The molecule has 0 bridgehead atoms. The molecule has 1 aliphatic heterocycles. The van der Waals surface area contributed by atoms with Crippen LogP contribution in [0.1, 0.15) is 52.4 Å². The maximum Gasteiger partial charge on any atom is 0.233 e. The molecule has 19 heavy (non-hydrogen) atoms. The molecule has 1 fully saturated rings. The fourth-order valence-electron chi connectivity index (χ4n) is 2.73. The minimum Gasteiger partial charge on any atom is -0.358 e. The number of nitrogens with zero attached hydrogens (tertiary/aromatic N) is 1. The Kier molecular flexibility index (Phi) is 8.07. The van der Waals surface area contributed by atoms with Crippen LogP contribution in [0.5, 0.6) is 0 Å². The quantitative estimate of drug-likeness (QED) is 0.706. The van der Waals surface area contributed by atoms with E-state index in [4.69, 9.17) is 0 Å². The van der Waals surface area contributed by atoms with Crippen LogP contribution in [0.3, 0.4) is 0 Å². The Morgan fingerprint density at radius 3 is 2.53 bits per heavy atom. The first-order valence-corrected chi connectivity index (χ1v) is 7.88. The summed E-state index contributed by atoms with van der Waals surface area (Å²) >= 11 is 0. The van der Waals surface area contributed by atoms with Crippen molar-refractivity contribution in [3.05, 3.63) is 0 Å². The number of nitrogens with one attached hydrogen (secondary N) is 2. The zero-order valence-corrected chi connectivity index (χ0v) is 12.9. The van der Waals surface area contributed by atoms with E-state index in [1.807, 2.05) is 0 Å². The monoisotopic (exact) mass is 269 g/mol. The summed E-state index contributed by atoms with van der Waals surface area (Å²) < 4.78 is 0. The van der Waals surface area contributed by atoms with E-state index >= 15 is 0 Å². The largest absolute Gasteiger partial charge is 0.358 e. The van der Waals surface area contributed by atoms with Crippen LogP contribution in [0, 0.1) is 0 Å². The predicted octanol–water partition coefficient (Wildman–Crippen LogP) is 1.76. The second-order valence-corrected chi connectivity index (χ2v) is 5.64. The van der Waals surface area contributed by atoms with Crippen LogP contribution in [0.4, 0.5) is 0 Å². The molecule has 2 N–H and O–H groups in total. The highest BCUT2D eigenvalue weighted by molar-refractivity contribution is 5.77. The molecule has 0 saturated carbocycles. The third-order valence-electron chi connectivity index (χ3n) is 4.10. The lowest BCUT2D eigenvalue weighted by Crippen LogP contribution is -2.48. The van der Waals surface area contributed by atoms with Crippen LogP contribution in [0.15, 0.2) is 0 Å². The first-order valence-electron chi connectivity index (χ1n) is 7.88. The van der Waals surface area contributed by atoms with E-state index in [-0.39, 0.29) is 5.91 Å². The molecule has 1 rings (SSSR count). The molecule has 4 nitrogen and oxygen atoms in total. The number of hydrogen-bond acceptors (Lipinski definition) is 3. The van der Waals surface area contributed by atoms with Gasteiger partial charge in [-0.15, -0.1) is 0 Å². The molecule has 1 saturated heterocycles. The van der Waals surface area contributed by atoms with Crippen molar-refractivity contribution in [3.8, 4) is 0 Å². The first-order chi connectivity index (χ1) is 9.19. The number of unbranched alkanes of at least 4 members (excludes halogenated alkanes) is 1. The molecule has 1 unspecified atom stereocenters. The molecule has 0 aromatic heterocycles. The zero-order chi connectivity index (χ0) is 14.1. The number of hydrogen-bond donors (Lipinski definition) is 2. The Labute approximate surface area is 118 Å². The van der Waals surface area contributed by atoms with Crippen LogP contribution >= 0.6 is 0 Å². The summed E-state index contributed by atoms with van der Waals surface area (Å²) in [6.07, 6.45) is 7.45. The number of rotatable bonds is 8. The van der Waals surface area contributed by atoms with E-state index < -0.39 is 0 Å². The lowest BCUT2D eigenvalue weighted by molar-refractivity contribution is -0.122. The Morgan fingerprint density at radius 1 is 1.32 bits per heavy atom. The van der Waals surface area contributed by atoms with Crippen molar-refractivity contribution in [1.82, 2.24) is 15.5 Å². The SMILES string of the molecule is CCCCC(CC)NC1CCN(CC(=O)NC)CC1. The van der Waals surface area contributed by atoms with Crippen molar-refractivity contribution in [3.63, 3.8) is 0 Å². The lowest BCUT2D eigenvalue weighted by Gasteiger charge is -2.34. The Hall–Kier alpha value is -0.610. The van der Waals surface area contributed by atoms with Gasteiger partial charge in [-0.25, -0.2) is 0 Å². The van der Waals surface area contributed by atoms with Gasteiger partial charge < -0.3 is 10.6 Å². The summed E-state index contributed by atoms with van der Waals surface area (Å²) in [5.41, 5.74) is 0. The van der Waals surface area contributed by atoms with Gasteiger partial charge in [-0.05, 0) is 25.7 Å². The molecule has 1 aliphatic rings. The van der Waals surface area contributed by atoms with E-state index in [0.29, 0.717) is 18.6 Å². The van der Waals surface area contributed by atoms with Crippen molar-refractivity contribution in [2.45, 2.75) is 64.5 Å². The van der Waals surface area contributed by atoms with E-state index in [2.05, 4.69) is 29.4 Å². The average Bonchev–Trinajstić information content (AvgIpc) is 2.45. The molecule has 0 aromatic carbocycles. The van der Waals surface area contributed by atoms with Crippen LogP contribution in [-0.4, -0.2) is 49.6 Å². The van der Waals surface area contributed by atoms with Crippen molar-refractivity contribution >= 4 is 5.91 Å². The van der Waals surface area contributed by atoms with Crippen LogP contribution in [-0.2, 0) is 4.79 Å². The zero-order valence-electron chi connectivity index (χ0n) is 12.9. The molecule has 112 valence electrons. The number of piperidine rings is 1. The summed E-state index contributed by atoms with van der Waals surface area (Å²) in [7, 11) is 1.70. The number of likely N-dealkylation sites (tertiary alicyclic amines) is 1. The minimum atomic E-state index is 0.126. The molecular formula is C15H31N3O. The van der Waals surface area contributed by atoms with Gasteiger partial charge in [0, 0.05) is 32.2 Å². The second-order valence-electron chi connectivity index (χ2n) is 5.64. The van der Waals surface area contributed by atoms with Gasteiger partial charge in [0.15, 0.2) is 0 Å². The highest BCUT2D eigenvalue weighted by Crippen LogP contribution is 2.13. The highest BCUT2D eigenvalue weighted by atomic mass is 16.1. The topological polar surface area (TPSA) is 44.4 Å². The normalized spacial score (nSPS) is 19.3. The fraction of sp³-hybridized carbons (Fsp3) is 0.933. The standard InChI is InChI=1S/C15H31N3O/c1-4-6-7-13(5-2)17-14-8-10-18(11-9-14)12-15(19)16-3/h13-14,17H,4-12H2,1-3H3,(H,16,19). The van der Waals surface area contributed by atoms with Gasteiger partial charge >= 0.3 is 0 Å². The summed E-state index contributed by atoms with van der Waals surface area (Å²) in [6.45, 7) is 7.15. The number of likely N-dealkylation sites (N-methyl/N-ethyl adjacent to an activating group) is 1. The summed E-state index contributed by atoms with van der Waals surface area (Å²) in [4.78, 5) is 13.6. The summed E-state index contributed by atoms with van der Waals surface area (Å²) in [5, 5.41) is 6.49. The van der Waals surface area contributed by atoms with Crippen LogP contribution in [0.2, 0.25) is 0 Å². The first kappa shape index (κ1) is 16.4. The molecule has 0 aliphatic carbocycles. The van der Waals surface area contributed by atoms with Gasteiger partial charge in [-0.2, -0.15) is 0 Å². The number of carbonyl (C=O) groups excluding carboxylic acids is 1. The van der Waals surface area contributed by atoms with E-state index in [1.54, 1.807) is 7.05 Å². The predicted molar refractivity (Wildman–Crippen MR) is 80.3 cm³/mol. The van der Waals surface area contributed by atoms with Gasteiger partial charge in [-0.3, -0.25) is 9.69 Å². The molecule has 4 heteroatoms. The van der Waals surface area contributed by atoms with Gasteiger partial charge in [0.25, 0.3) is 0 Å². The van der Waals surface area contributed by atoms with Crippen molar-refractivity contribution in [2.75, 3.05) is 26.7 Å². The smallest absolute Gasteiger partial charge is 0.233 e. The van der Waals surface area contributed by atoms with Gasteiger partial charge in [0.1, 0.15) is 0 Å². The Morgan fingerprint density at radius 2 is 2.00 bits per heavy atom. The third kappa shape index (κ3) is 6.39. The molecular weight excluding hydrogens is 238 g/mol. The Bertz CT molecular complexity index is 250. The van der Waals surface area contributed by atoms with E-state index in [1.165, 1.54) is 38.5 Å². The van der Waals surface area contributed by atoms with Gasteiger partial charge in [0.05, 0.1) is 6.54 Å². The molecule has 0 spiro atoms. The minimum absolute atomic E-state index is 0.126. The fourth-order valence-corrected chi connectivity index (χ4v) is 2.73. The maximum atomic E-state index is 11.3. The van der Waals surface area contributed by atoms with Crippen molar-refractivity contribution < 1.29 is 4.79 Å². The van der Waals surface area contributed by atoms with E-state index in [9.17, 15) is 4.79 Å². The maximum absolute atomic E-state index is 11.3. The molecule has 1 atom stereocenters. The van der Waals surface area contributed by atoms with Crippen molar-refractivity contribution in [1.29, 1.82) is 0 Å². The van der Waals surface area contributed by atoms with Crippen LogP contribution < -0.4 is 10.6 Å². The summed E-state index contributed by atoms with van der Waals surface area (Å²) in [6, 6.07) is 1.32. The van der Waals surface area contributed by atoms with Crippen molar-refractivity contribution in [2.24, 2.45) is 0 Å². The number of amides is 1. The summed E-state index contributed by atoms with van der Waals surface area (Å²) in [5.74, 6) is 0.126. The Balaban J connectivity index is 2.23. The molecule has 0 aromatic rings. The second kappa shape index (κ2) is 9.32. The molecule has 1 heterocycles.